The van der Waals surface area contributed by atoms with E-state index >= 15 is 0 Å². The Kier molecular flexibility index (Phi) is 2.76. The van der Waals surface area contributed by atoms with E-state index in [-0.39, 0.29) is 17.6 Å². The van der Waals surface area contributed by atoms with Crippen molar-refractivity contribution in [1.29, 1.82) is 0 Å². The fourth-order valence-electron chi connectivity index (χ4n) is 2.00. The second-order valence-electron chi connectivity index (χ2n) is 5.00. The zero-order valence-corrected chi connectivity index (χ0v) is 10.3. The smallest absolute Gasteiger partial charge is 0.0630 e. The van der Waals surface area contributed by atoms with E-state index < -0.39 is 0 Å². The molecule has 1 fully saturated rings. The molecule has 0 aromatic heterocycles. The Morgan fingerprint density at radius 2 is 2.19 bits per heavy atom. The Morgan fingerprint density at radius 1 is 1.50 bits per heavy atom. The number of anilines is 2. The van der Waals surface area contributed by atoms with Crippen molar-refractivity contribution in [2.24, 2.45) is 5.41 Å². The first-order valence-electron chi connectivity index (χ1n) is 5.41. The van der Waals surface area contributed by atoms with E-state index in [2.05, 4.69) is 5.32 Å². The van der Waals surface area contributed by atoms with Crippen molar-refractivity contribution < 1.29 is 5.11 Å². The number of aliphatic hydroxyl groups is 1. The van der Waals surface area contributed by atoms with Crippen molar-refractivity contribution in [3.05, 3.63) is 23.2 Å². The highest BCUT2D eigenvalue weighted by Crippen LogP contribution is 2.42. The van der Waals surface area contributed by atoms with Crippen molar-refractivity contribution in [1.82, 2.24) is 0 Å². The van der Waals surface area contributed by atoms with Gasteiger partial charge in [0.2, 0.25) is 0 Å². The highest BCUT2D eigenvalue weighted by atomic mass is 35.5. The minimum atomic E-state index is -0.237. The van der Waals surface area contributed by atoms with Gasteiger partial charge in [0.15, 0.2) is 0 Å². The predicted octanol–water partition coefficient (Wildman–Crippen LogP) is 2.49. The Bertz CT molecular complexity index is 406. The van der Waals surface area contributed by atoms with Gasteiger partial charge in [-0.1, -0.05) is 25.4 Å². The van der Waals surface area contributed by atoms with Crippen LogP contribution in [0, 0.1) is 5.41 Å². The van der Waals surface area contributed by atoms with Crippen LogP contribution in [0.4, 0.5) is 11.4 Å². The normalized spacial score (nSPS) is 27.2. The van der Waals surface area contributed by atoms with Crippen LogP contribution in [0.15, 0.2) is 18.2 Å². The van der Waals surface area contributed by atoms with E-state index in [1.165, 1.54) is 0 Å². The van der Waals surface area contributed by atoms with Crippen LogP contribution in [0.1, 0.15) is 20.3 Å². The Morgan fingerprint density at radius 3 is 2.69 bits per heavy atom. The van der Waals surface area contributed by atoms with E-state index in [0.717, 1.165) is 12.1 Å². The maximum Gasteiger partial charge on any atom is 0.0630 e. The third-order valence-electron chi connectivity index (χ3n) is 3.56. The first-order valence-corrected chi connectivity index (χ1v) is 5.78. The molecule has 3 nitrogen and oxygen atoms in total. The van der Waals surface area contributed by atoms with Gasteiger partial charge in [-0.15, -0.1) is 0 Å². The van der Waals surface area contributed by atoms with Gasteiger partial charge >= 0.3 is 0 Å². The second kappa shape index (κ2) is 3.82. The fraction of sp³-hybridized carbons (Fsp3) is 0.500. The topological polar surface area (TPSA) is 58.3 Å². The quantitative estimate of drug-likeness (QED) is 0.697. The highest BCUT2D eigenvalue weighted by molar-refractivity contribution is 6.31. The van der Waals surface area contributed by atoms with Crippen LogP contribution >= 0.6 is 11.6 Å². The molecule has 4 N–H and O–H groups in total. The largest absolute Gasteiger partial charge is 0.397 e. The molecule has 1 aliphatic carbocycles. The molecule has 16 heavy (non-hydrogen) atoms. The molecule has 2 rings (SSSR count). The van der Waals surface area contributed by atoms with Crippen molar-refractivity contribution >= 4 is 23.0 Å². The van der Waals surface area contributed by atoms with Crippen LogP contribution < -0.4 is 11.1 Å². The zero-order chi connectivity index (χ0) is 11.9. The molecule has 2 unspecified atom stereocenters. The number of aliphatic hydroxyl groups excluding tert-OH is 1. The molecule has 4 heteroatoms. The number of nitrogens with two attached hydrogens (primary N) is 1. The van der Waals surface area contributed by atoms with Gasteiger partial charge in [-0.3, -0.25) is 0 Å². The third-order valence-corrected chi connectivity index (χ3v) is 3.79. The van der Waals surface area contributed by atoms with Crippen LogP contribution in [-0.4, -0.2) is 17.3 Å². The van der Waals surface area contributed by atoms with E-state index in [9.17, 15) is 5.11 Å². The Balaban J connectivity index is 2.11. The SMILES string of the molecule is CC1(C)C(O)CC1Nc1ccc(Cl)cc1N. The molecule has 88 valence electrons. The minimum Gasteiger partial charge on any atom is -0.397 e. The number of rotatable bonds is 2. The zero-order valence-electron chi connectivity index (χ0n) is 9.50. The maximum atomic E-state index is 9.65. The standard InChI is InChI=1S/C12H17ClN2O/c1-12(2)10(6-11(12)16)15-9-4-3-7(13)5-8(9)14/h3-5,10-11,15-16H,6,14H2,1-2H3. The average Bonchev–Trinajstić information content (AvgIpc) is 2.21. The van der Waals surface area contributed by atoms with Crippen LogP contribution in [0.5, 0.6) is 0 Å². The van der Waals surface area contributed by atoms with Gasteiger partial charge in [-0.2, -0.15) is 0 Å². The number of halogens is 1. The van der Waals surface area contributed by atoms with Crippen molar-refractivity contribution in [2.45, 2.75) is 32.4 Å². The summed E-state index contributed by atoms with van der Waals surface area (Å²) >= 11 is 5.83. The monoisotopic (exact) mass is 240 g/mol. The van der Waals surface area contributed by atoms with E-state index in [1.807, 2.05) is 26.0 Å². The molecule has 0 spiro atoms. The Hall–Kier alpha value is -0.930. The van der Waals surface area contributed by atoms with Crippen LogP contribution in [-0.2, 0) is 0 Å². The molecule has 2 atom stereocenters. The first-order chi connectivity index (χ1) is 7.41. The fourth-order valence-corrected chi connectivity index (χ4v) is 2.18. The molecule has 1 aliphatic rings. The lowest BCUT2D eigenvalue weighted by Gasteiger charge is -2.50. The molecule has 1 aromatic carbocycles. The van der Waals surface area contributed by atoms with Gasteiger partial charge in [-0.05, 0) is 24.6 Å². The predicted molar refractivity (Wildman–Crippen MR) is 67.7 cm³/mol. The average molecular weight is 241 g/mol. The van der Waals surface area contributed by atoms with E-state index in [1.54, 1.807) is 6.07 Å². The summed E-state index contributed by atoms with van der Waals surface area (Å²) in [5.74, 6) is 0. The number of nitrogen functional groups attached to an aromatic ring is 1. The van der Waals surface area contributed by atoms with Gasteiger partial charge in [0.25, 0.3) is 0 Å². The van der Waals surface area contributed by atoms with Gasteiger partial charge in [0.1, 0.15) is 0 Å². The first kappa shape index (κ1) is 11.6. The maximum absolute atomic E-state index is 9.65. The van der Waals surface area contributed by atoms with Gasteiger partial charge in [0.05, 0.1) is 17.5 Å². The Labute approximate surface area is 101 Å². The van der Waals surface area contributed by atoms with E-state index in [4.69, 9.17) is 17.3 Å². The van der Waals surface area contributed by atoms with Crippen LogP contribution in [0.25, 0.3) is 0 Å². The van der Waals surface area contributed by atoms with E-state index in [0.29, 0.717) is 10.7 Å². The summed E-state index contributed by atoms with van der Waals surface area (Å²) in [7, 11) is 0. The summed E-state index contributed by atoms with van der Waals surface area (Å²) in [5.41, 5.74) is 7.28. The molecule has 0 radical (unpaired) electrons. The molecular weight excluding hydrogens is 224 g/mol. The minimum absolute atomic E-state index is 0.105. The van der Waals surface area contributed by atoms with Gasteiger partial charge in [-0.25, -0.2) is 0 Å². The number of hydrogen-bond acceptors (Lipinski definition) is 3. The highest BCUT2D eigenvalue weighted by Gasteiger charge is 2.47. The second-order valence-corrected chi connectivity index (χ2v) is 5.44. The molecule has 0 aliphatic heterocycles. The summed E-state index contributed by atoms with van der Waals surface area (Å²) in [4.78, 5) is 0. The number of hydrogen-bond donors (Lipinski definition) is 3. The molecule has 0 amide bonds. The summed E-state index contributed by atoms with van der Waals surface area (Å²) in [6.45, 7) is 4.09. The lowest BCUT2D eigenvalue weighted by atomic mass is 9.64. The lowest BCUT2D eigenvalue weighted by Crippen LogP contribution is -2.56. The van der Waals surface area contributed by atoms with Crippen molar-refractivity contribution in [3.63, 3.8) is 0 Å². The van der Waals surface area contributed by atoms with Crippen LogP contribution in [0.2, 0.25) is 5.02 Å². The molecule has 0 heterocycles. The summed E-state index contributed by atoms with van der Waals surface area (Å²) < 4.78 is 0. The number of benzene rings is 1. The summed E-state index contributed by atoms with van der Waals surface area (Å²) in [6.07, 6.45) is 0.522. The van der Waals surface area contributed by atoms with Crippen LogP contribution in [0.3, 0.4) is 0 Å². The summed E-state index contributed by atoms with van der Waals surface area (Å²) in [6, 6.07) is 5.67. The van der Waals surface area contributed by atoms with Gasteiger partial charge in [0, 0.05) is 16.5 Å². The molecule has 0 saturated heterocycles. The van der Waals surface area contributed by atoms with Gasteiger partial charge < -0.3 is 16.2 Å². The molecule has 1 saturated carbocycles. The van der Waals surface area contributed by atoms with Crippen molar-refractivity contribution in [3.8, 4) is 0 Å². The third kappa shape index (κ3) is 1.85. The molecule has 1 aromatic rings. The molecular formula is C12H17ClN2O. The number of nitrogens with one attached hydrogen (secondary N) is 1. The molecule has 0 bridgehead atoms. The lowest BCUT2D eigenvalue weighted by molar-refractivity contribution is -0.0510. The van der Waals surface area contributed by atoms with Crippen molar-refractivity contribution in [2.75, 3.05) is 11.1 Å². The summed E-state index contributed by atoms with van der Waals surface area (Å²) in [5, 5.41) is 13.6.